The summed E-state index contributed by atoms with van der Waals surface area (Å²) in [5.74, 6) is -1.59. The molecule has 1 aromatic rings. The van der Waals surface area contributed by atoms with Crippen LogP contribution in [0.3, 0.4) is 0 Å². The zero-order valence-corrected chi connectivity index (χ0v) is 10.5. The maximum atomic E-state index is 13.2. The number of amides is 1. The number of likely N-dealkylation sites (N-methyl/N-ethyl adjacent to an activating group) is 1. The summed E-state index contributed by atoms with van der Waals surface area (Å²) in [6, 6.07) is 3.17. The first-order chi connectivity index (χ1) is 8.49. The van der Waals surface area contributed by atoms with Crippen LogP contribution >= 0.6 is 0 Å². The molecule has 100 valence electrons. The van der Waals surface area contributed by atoms with E-state index >= 15 is 0 Å². The number of nitrogens with one attached hydrogen (secondary N) is 2. The van der Waals surface area contributed by atoms with Crippen LogP contribution in [0.15, 0.2) is 18.2 Å². The van der Waals surface area contributed by atoms with Crippen molar-refractivity contribution in [3.63, 3.8) is 0 Å². The average molecular weight is 257 g/mol. The zero-order chi connectivity index (χ0) is 13.5. The summed E-state index contributed by atoms with van der Waals surface area (Å²) in [7, 11) is 3.80. The van der Waals surface area contributed by atoms with Gasteiger partial charge in [0.05, 0.1) is 12.2 Å². The number of carbonyl (C=O) groups excluding carboxylic acids is 1. The van der Waals surface area contributed by atoms with Crippen molar-refractivity contribution in [2.45, 2.75) is 0 Å². The van der Waals surface area contributed by atoms with Crippen molar-refractivity contribution in [1.82, 2.24) is 10.2 Å². The predicted molar refractivity (Wildman–Crippen MR) is 66.4 cm³/mol. The Bertz CT molecular complexity index is 410. The molecule has 0 bridgehead atoms. The van der Waals surface area contributed by atoms with Crippen LogP contribution in [-0.4, -0.2) is 44.5 Å². The van der Waals surface area contributed by atoms with E-state index in [2.05, 4.69) is 10.6 Å². The molecule has 0 atom stereocenters. The van der Waals surface area contributed by atoms with E-state index in [0.29, 0.717) is 6.54 Å². The van der Waals surface area contributed by atoms with Crippen molar-refractivity contribution < 1.29 is 13.6 Å². The lowest BCUT2D eigenvalue weighted by molar-refractivity contribution is -0.119. The lowest BCUT2D eigenvalue weighted by atomic mass is 10.3. The fraction of sp³-hybridized carbons (Fsp3) is 0.417. The fourth-order valence-corrected chi connectivity index (χ4v) is 1.29. The van der Waals surface area contributed by atoms with Gasteiger partial charge < -0.3 is 15.5 Å². The summed E-state index contributed by atoms with van der Waals surface area (Å²) < 4.78 is 25.9. The Labute approximate surface area is 105 Å². The van der Waals surface area contributed by atoms with Gasteiger partial charge in [0.15, 0.2) is 0 Å². The molecule has 1 aromatic carbocycles. The van der Waals surface area contributed by atoms with Crippen molar-refractivity contribution >= 4 is 11.6 Å². The highest BCUT2D eigenvalue weighted by atomic mass is 19.1. The van der Waals surface area contributed by atoms with Gasteiger partial charge in [-0.15, -0.1) is 0 Å². The number of benzene rings is 1. The van der Waals surface area contributed by atoms with Crippen molar-refractivity contribution in [2.24, 2.45) is 0 Å². The number of hydrogen-bond acceptors (Lipinski definition) is 3. The topological polar surface area (TPSA) is 44.4 Å². The molecule has 0 aliphatic rings. The van der Waals surface area contributed by atoms with Crippen LogP contribution in [0.4, 0.5) is 14.5 Å². The van der Waals surface area contributed by atoms with E-state index in [1.165, 1.54) is 6.07 Å². The van der Waals surface area contributed by atoms with Crippen LogP contribution < -0.4 is 10.6 Å². The lowest BCUT2D eigenvalue weighted by Gasteiger charge is -2.11. The predicted octanol–water partition coefficient (Wildman–Crippen LogP) is 1.05. The van der Waals surface area contributed by atoms with Gasteiger partial charge in [-0.25, -0.2) is 8.78 Å². The molecule has 0 radical (unpaired) electrons. The largest absolute Gasteiger partial charge is 0.374 e. The van der Waals surface area contributed by atoms with Gasteiger partial charge in [0.2, 0.25) is 5.91 Å². The quantitative estimate of drug-likeness (QED) is 0.801. The van der Waals surface area contributed by atoms with Gasteiger partial charge >= 0.3 is 0 Å². The minimum atomic E-state index is -0.712. The molecule has 0 aliphatic carbocycles. The second kappa shape index (κ2) is 6.90. The Balaban J connectivity index is 2.33. The van der Waals surface area contributed by atoms with Crippen LogP contribution in [0.1, 0.15) is 0 Å². The monoisotopic (exact) mass is 257 g/mol. The van der Waals surface area contributed by atoms with E-state index in [4.69, 9.17) is 0 Å². The second-order valence-electron chi connectivity index (χ2n) is 4.13. The summed E-state index contributed by atoms with van der Waals surface area (Å²) in [6.07, 6.45) is 0. The molecule has 0 aliphatic heterocycles. The smallest absolute Gasteiger partial charge is 0.239 e. The van der Waals surface area contributed by atoms with Crippen molar-refractivity contribution in [3.8, 4) is 0 Å². The van der Waals surface area contributed by atoms with E-state index < -0.39 is 11.6 Å². The molecule has 0 saturated carbocycles. The van der Waals surface area contributed by atoms with Gasteiger partial charge in [-0.2, -0.15) is 0 Å². The highest BCUT2D eigenvalue weighted by molar-refractivity contribution is 5.80. The highest BCUT2D eigenvalue weighted by Crippen LogP contribution is 2.14. The Morgan fingerprint density at radius 2 is 2.06 bits per heavy atom. The molecule has 4 nitrogen and oxygen atoms in total. The average Bonchev–Trinajstić information content (AvgIpc) is 2.27. The highest BCUT2D eigenvalue weighted by Gasteiger charge is 2.05. The van der Waals surface area contributed by atoms with E-state index in [-0.39, 0.29) is 18.1 Å². The van der Waals surface area contributed by atoms with Crippen molar-refractivity contribution in [3.05, 3.63) is 29.8 Å². The van der Waals surface area contributed by atoms with Crippen molar-refractivity contribution in [1.29, 1.82) is 0 Å². The van der Waals surface area contributed by atoms with E-state index in [0.717, 1.165) is 18.7 Å². The van der Waals surface area contributed by atoms with Gasteiger partial charge in [0.25, 0.3) is 0 Å². The van der Waals surface area contributed by atoms with Crippen LogP contribution in [0, 0.1) is 11.6 Å². The van der Waals surface area contributed by atoms with Crippen LogP contribution in [0.5, 0.6) is 0 Å². The zero-order valence-electron chi connectivity index (χ0n) is 10.5. The lowest BCUT2D eigenvalue weighted by Crippen LogP contribution is -2.35. The number of anilines is 1. The SMILES string of the molecule is CN(C)CCNC(=O)CNc1ccc(F)cc1F. The van der Waals surface area contributed by atoms with E-state index in [9.17, 15) is 13.6 Å². The molecule has 2 N–H and O–H groups in total. The third kappa shape index (κ3) is 5.09. The number of halogens is 2. The minimum Gasteiger partial charge on any atom is -0.374 e. The molecule has 0 heterocycles. The van der Waals surface area contributed by atoms with E-state index in [1.807, 2.05) is 19.0 Å². The molecule has 1 amide bonds. The first-order valence-corrected chi connectivity index (χ1v) is 5.59. The minimum absolute atomic E-state index is 0.0457. The summed E-state index contributed by atoms with van der Waals surface area (Å²) in [5.41, 5.74) is 0.110. The Morgan fingerprint density at radius 3 is 2.67 bits per heavy atom. The Hall–Kier alpha value is -1.69. The number of hydrogen-bond donors (Lipinski definition) is 2. The maximum absolute atomic E-state index is 13.2. The molecule has 0 spiro atoms. The van der Waals surface area contributed by atoms with Gasteiger partial charge in [0.1, 0.15) is 11.6 Å². The summed E-state index contributed by atoms with van der Waals surface area (Å²) in [4.78, 5) is 13.3. The first kappa shape index (κ1) is 14.4. The van der Waals surface area contributed by atoms with Crippen LogP contribution in [-0.2, 0) is 4.79 Å². The maximum Gasteiger partial charge on any atom is 0.239 e. The standard InChI is InChI=1S/C12H17F2N3O/c1-17(2)6-5-15-12(18)8-16-11-4-3-9(13)7-10(11)14/h3-4,7,16H,5-6,8H2,1-2H3,(H,15,18). The molecule has 1 rings (SSSR count). The molecular formula is C12H17F2N3O. The molecule has 0 unspecified atom stereocenters. The number of rotatable bonds is 6. The van der Waals surface area contributed by atoms with E-state index in [1.54, 1.807) is 0 Å². The molecule has 0 fully saturated rings. The van der Waals surface area contributed by atoms with Crippen LogP contribution in [0.25, 0.3) is 0 Å². The van der Waals surface area contributed by atoms with Crippen LogP contribution in [0.2, 0.25) is 0 Å². The second-order valence-corrected chi connectivity index (χ2v) is 4.13. The summed E-state index contributed by atoms with van der Waals surface area (Å²) in [5, 5.41) is 5.29. The number of carbonyl (C=O) groups is 1. The van der Waals surface area contributed by atoms with Gasteiger partial charge in [-0.1, -0.05) is 0 Å². The fourth-order valence-electron chi connectivity index (χ4n) is 1.29. The Morgan fingerprint density at radius 1 is 1.33 bits per heavy atom. The third-order valence-electron chi connectivity index (χ3n) is 2.25. The van der Waals surface area contributed by atoms with Gasteiger partial charge in [0, 0.05) is 19.2 Å². The molecule has 0 aromatic heterocycles. The molecule has 0 saturated heterocycles. The molecule has 6 heteroatoms. The molecule has 18 heavy (non-hydrogen) atoms. The third-order valence-corrected chi connectivity index (χ3v) is 2.25. The Kier molecular flexibility index (Phi) is 5.51. The molecular weight excluding hydrogens is 240 g/mol. The summed E-state index contributed by atoms with van der Waals surface area (Å²) >= 11 is 0. The number of nitrogens with zero attached hydrogens (tertiary/aromatic N) is 1. The normalized spacial score (nSPS) is 10.5. The first-order valence-electron chi connectivity index (χ1n) is 5.59. The van der Waals surface area contributed by atoms with Gasteiger partial charge in [-0.3, -0.25) is 4.79 Å². The van der Waals surface area contributed by atoms with Gasteiger partial charge in [-0.05, 0) is 26.2 Å². The van der Waals surface area contributed by atoms with Crippen molar-refractivity contribution in [2.75, 3.05) is 39.0 Å². The summed E-state index contributed by atoms with van der Waals surface area (Å²) in [6.45, 7) is 1.21.